The van der Waals surface area contributed by atoms with E-state index in [1.165, 1.54) is 12.5 Å². The summed E-state index contributed by atoms with van der Waals surface area (Å²) in [4.78, 5) is 22.9. The number of hydrogen-bond acceptors (Lipinski definition) is 4. The van der Waals surface area contributed by atoms with Crippen molar-refractivity contribution in [2.45, 2.75) is 31.4 Å². The van der Waals surface area contributed by atoms with Gasteiger partial charge in [-0.25, -0.2) is 0 Å². The molecule has 0 unspecified atom stereocenters. The Hall–Kier alpha value is -1.82. The molecule has 0 radical (unpaired) electrons. The van der Waals surface area contributed by atoms with Crippen LogP contribution in [0, 0.1) is 0 Å². The molecule has 6 nitrogen and oxygen atoms in total. The summed E-state index contributed by atoms with van der Waals surface area (Å²) in [5, 5.41) is 14.5. The lowest BCUT2D eigenvalue weighted by Gasteiger charge is -2.31. The Morgan fingerprint density at radius 2 is 2.22 bits per heavy atom. The van der Waals surface area contributed by atoms with Crippen LogP contribution in [0.5, 0.6) is 0 Å². The molecule has 1 heterocycles. The highest BCUT2D eigenvalue weighted by atomic mass is 16.3. The molecular weight excluding hydrogens is 236 g/mol. The van der Waals surface area contributed by atoms with Crippen LogP contribution in [0.2, 0.25) is 0 Å². The van der Waals surface area contributed by atoms with Gasteiger partial charge in [0.2, 0.25) is 5.91 Å². The zero-order valence-corrected chi connectivity index (χ0v) is 9.89. The second-order valence-corrected chi connectivity index (χ2v) is 4.41. The van der Waals surface area contributed by atoms with Gasteiger partial charge in [0.1, 0.15) is 6.26 Å². The molecule has 0 spiro atoms. The van der Waals surface area contributed by atoms with Gasteiger partial charge in [-0.2, -0.15) is 0 Å². The molecule has 1 fully saturated rings. The Morgan fingerprint density at radius 1 is 1.44 bits per heavy atom. The molecule has 2 rings (SSSR count). The van der Waals surface area contributed by atoms with Crippen LogP contribution in [-0.4, -0.2) is 35.6 Å². The third-order valence-corrected chi connectivity index (χ3v) is 2.90. The summed E-state index contributed by atoms with van der Waals surface area (Å²) >= 11 is 0. The van der Waals surface area contributed by atoms with Crippen LogP contribution in [0.25, 0.3) is 0 Å². The van der Waals surface area contributed by atoms with Crippen molar-refractivity contribution in [2.75, 3.05) is 6.54 Å². The van der Waals surface area contributed by atoms with E-state index in [1.807, 2.05) is 0 Å². The van der Waals surface area contributed by atoms with Crippen molar-refractivity contribution >= 4 is 11.8 Å². The maximum Gasteiger partial charge on any atom is 0.254 e. The van der Waals surface area contributed by atoms with E-state index in [-0.39, 0.29) is 36.9 Å². The fourth-order valence-corrected chi connectivity index (χ4v) is 1.79. The molecule has 2 amide bonds. The molecule has 1 saturated carbocycles. The molecule has 0 saturated heterocycles. The molecule has 0 aliphatic heterocycles. The highest BCUT2D eigenvalue weighted by Crippen LogP contribution is 2.19. The lowest BCUT2D eigenvalue weighted by atomic mass is 9.89. The van der Waals surface area contributed by atoms with Crippen LogP contribution in [0.3, 0.4) is 0 Å². The van der Waals surface area contributed by atoms with Crippen LogP contribution < -0.4 is 10.6 Å². The van der Waals surface area contributed by atoms with Crippen molar-refractivity contribution in [1.82, 2.24) is 10.6 Å². The third-order valence-electron chi connectivity index (χ3n) is 2.90. The Bertz CT molecular complexity index is 410. The lowest BCUT2D eigenvalue weighted by molar-refractivity contribution is -0.123. The zero-order valence-electron chi connectivity index (χ0n) is 9.89. The molecule has 0 atom stereocenters. The van der Waals surface area contributed by atoms with Gasteiger partial charge in [-0.3, -0.25) is 9.59 Å². The van der Waals surface area contributed by atoms with Gasteiger partial charge in [0.15, 0.2) is 0 Å². The first-order valence-corrected chi connectivity index (χ1v) is 5.93. The van der Waals surface area contributed by atoms with E-state index >= 15 is 0 Å². The van der Waals surface area contributed by atoms with E-state index in [4.69, 9.17) is 9.52 Å². The number of aliphatic hydroxyl groups is 1. The number of nitrogens with one attached hydrogen (secondary N) is 2. The molecule has 0 aromatic carbocycles. The second-order valence-electron chi connectivity index (χ2n) is 4.41. The first-order chi connectivity index (χ1) is 8.65. The summed E-state index contributed by atoms with van der Waals surface area (Å²) in [6.45, 7) is 0.283. The average Bonchev–Trinajstić information content (AvgIpc) is 2.80. The van der Waals surface area contributed by atoms with Gasteiger partial charge in [0.05, 0.1) is 17.9 Å². The normalized spacial score (nSPS) is 22.1. The molecule has 3 N–H and O–H groups in total. The van der Waals surface area contributed by atoms with Crippen molar-refractivity contribution < 1.29 is 19.1 Å². The summed E-state index contributed by atoms with van der Waals surface area (Å²) < 4.78 is 4.78. The summed E-state index contributed by atoms with van der Waals surface area (Å²) in [6, 6.07) is 1.64. The summed E-state index contributed by atoms with van der Waals surface area (Å²) in [5.41, 5.74) is 0.442. The van der Waals surface area contributed by atoms with Crippen molar-refractivity contribution in [3.8, 4) is 0 Å². The van der Waals surface area contributed by atoms with Crippen LogP contribution >= 0.6 is 0 Å². The number of carbonyl (C=O) groups excluding carboxylic acids is 2. The summed E-state index contributed by atoms with van der Waals surface area (Å²) in [5.74, 6) is -0.366. The predicted octanol–water partition coefficient (Wildman–Crippen LogP) is 0.0390. The van der Waals surface area contributed by atoms with Gasteiger partial charge >= 0.3 is 0 Å². The molecule has 1 aromatic heterocycles. The third kappa shape index (κ3) is 3.33. The highest BCUT2D eigenvalue weighted by Gasteiger charge is 2.28. The number of hydrogen-bond donors (Lipinski definition) is 3. The average molecular weight is 252 g/mol. The Labute approximate surface area is 104 Å². The second kappa shape index (κ2) is 5.68. The monoisotopic (exact) mass is 252 g/mol. The Morgan fingerprint density at radius 3 is 2.83 bits per heavy atom. The van der Waals surface area contributed by atoms with E-state index in [2.05, 4.69) is 10.6 Å². The summed E-state index contributed by atoms with van der Waals surface area (Å²) in [6.07, 6.45) is 3.96. The Balaban J connectivity index is 1.60. The van der Waals surface area contributed by atoms with E-state index in [9.17, 15) is 9.59 Å². The molecule has 98 valence electrons. The number of furan rings is 1. The molecule has 18 heavy (non-hydrogen) atoms. The SMILES string of the molecule is O=C(CCNC(=O)c1ccoc1)NC1CC(O)C1. The van der Waals surface area contributed by atoms with Crippen molar-refractivity contribution in [3.63, 3.8) is 0 Å². The fourth-order valence-electron chi connectivity index (χ4n) is 1.79. The predicted molar refractivity (Wildman–Crippen MR) is 62.8 cm³/mol. The largest absolute Gasteiger partial charge is 0.472 e. The number of amides is 2. The van der Waals surface area contributed by atoms with E-state index in [0.717, 1.165) is 0 Å². The molecule has 1 aromatic rings. The Kier molecular flexibility index (Phi) is 3.99. The minimum atomic E-state index is -0.281. The van der Waals surface area contributed by atoms with E-state index in [1.54, 1.807) is 6.07 Å². The molecule has 1 aliphatic carbocycles. The maximum atomic E-state index is 11.5. The smallest absolute Gasteiger partial charge is 0.254 e. The number of carbonyl (C=O) groups is 2. The quantitative estimate of drug-likeness (QED) is 0.690. The molecule has 1 aliphatic rings. The van der Waals surface area contributed by atoms with Gasteiger partial charge in [0.25, 0.3) is 5.91 Å². The molecule has 0 bridgehead atoms. The first-order valence-electron chi connectivity index (χ1n) is 5.93. The van der Waals surface area contributed by atoms with Gasteiger partial charge < -0.3 is 20.2 Å². The fraction of sp³-hybridized carbons (Fsp3) is 0.500. The first kappa shape index (κ1) is 12.6. The molecule has 6 heteroatoms. The zero-order chi connectivity index (χ0) is 13.0. The highest BCUT2D eigenvalue weighted by molar-refractivity contribution is 5.94. The van der Waals surface area contributed by atoms with Crippen molar-refractivity contribution in [3.05, 3.63) is 24.2 Å². The van der Waals surface area contributed by atoms with Crippen molar-refractivity contribution in [1.29, 1.82) is 0 Å². The van der Waals surface area contributed by atoms with Gasteiger partial charge in [-0.05, 0) is 18.9 Å². The number of aliphatic hydroxyl groups excluding tert-OH is 1. The standard InChI is InChI=1S/C12H16N2O4/c15-10-5-9(6-10)14-11(16)1-3-13-12(17)8-2-4-18-7-8/h2,4,7,9-10,15H,1,3,5-6H2,(H,13,17)(H,14,16). The van der Waals surface area contributed by atoms with Crippen LogP contribution in [-0.2, 0) is 4.79 Å². The topological polar surface area (TPSA) is 91.6 Å². The minimum absolute atomic E-state index is 0.0806. The van der Waals surface area contributed by atoms with Crippen LogP contribution in [0.4, 0.5) is 0 Å². The van der Waals surface area contributed by atoms with E-state index < -0.39 is 0 Å². The minimum Gasteiger partial charge on any atom is -0.472 e. The van der Waals surface area contributed by atoms with Gasteiger partial charge in [0, 0.05) is 19.0 Å². The number of rotatable bonds is 5. The lowest BCUT2D eigenvalue weighted by Crippen LogP contribution is -2.47. The van der Waals surface area contributed by atoms with Gasteiger partial charge in [-0.15, -0.1) is 0 Å². The summed E-state index contributed by atoms with van der Waals surface area (Å²) in [7, 11) is 0. The molecular formula is C12H16N2O4. The van der Waals surface area contributed by atoms with Crippen LogP contribution in [0.15, 0.2) is 23.0 Å². The van der Waals surface area contributed by atoms with Crippen LogP contribution in [0.1, 0.15) is 29.6 Å². The van der Waals surface area contributed by atoms with Crippen molar-refractivity contribution in [2.24, 2.45) is 0 Å². The van der Waals surface area contributed by atoms with E-state index in [0.29, 0.717) is 18.4 Å². The maximum absolute atomic E-state index is 11.5. The van der Waals surface area contributed by atoms with Gasteiger partial charge in [-0.1, -0.05) is 0 Å².